The number of ether oxygens (including phenoxy) is 2. The van der Waals surface area contributed by atoms with Crippen molar-refractivity contribution < 1.29 is 19.1 Å². The van der Waals surface area contributed by atoms with Crippen LogP contribution >= 0.6 is 0 Å². The quantitative estimate of drug-likeness (QED) is 0.783. The van der Waals surface area contributed by atoms with Gasteiger partial charge in [-0.2, -0.15) is 0 Å². The van der Waals surface area contributed by atoms with E-state index in [1.807, 2.05) is 24.3 Å². The van der Waals surface area contributed by atoms with E-state index in [1.165, 1.54) is 0 Å². The number of benzene rings is 1. The highest BCUT2D eigenvalue weighted by Crippen LogP contribution is 2.60. The molecule has 1 aliphatic carbocycles. The summed E-state index contributed by atoms with van der Waals surface area (Å²) in [5.74, 6) is 3.75. The van der Waals surface area contributed by atoms with Crippen LogP contribution in [0.5, 0.6) is 17.2 Å². The van der Waals surface area contributed by atoms with Crippen LogP contribution in [-0.2, 0) is 16.0 Å². The minimum atomic E-state index is -0.0198. The molecule has 1 amide bonds. The van der Waals surface area contributed by atoms with Gasteiger partial charge in [-0.1, -0.05) is 20.8 Å². The van der Waals surface area contributed by atoms with E-state index in [9.17, 15) is 9.59 Å². The summed E-state index contributed by atoms with van der Waals surface area (Å²) in [6.45, 7) is 6.28. The van der Waals surface area contributed by atoms with E-state index in [1.54, 1.807) is 6.20 Å². The molecule has 30 heavy (non-hydrogen) atoms. The third-order valence-corrected chi connectivity index (χ3v) is 5.99. The second-order valence-electron chi connectivity index (χ2n) is 9.74. The molecule has 3 atom stereocenters. The maximum atomic E-state index is 12.4. The van der Waals surface area contributed by atoms with Crippen molar-refractivity contribution in [2.45, 2.75) is 58.5 Å². The Hall–Kier alpha value is -2.89. The van der Waals surface area contributed by atoms with Crippen LogP contribution in [0.15, 0.2) is 30.5 Å². The molecule has 2 aliphatic heterocycles. The molecule has 1 aromatic carbocycles. The molecule has 3 aliphatic rings. The number of carbonyl (C=O) groups excluding carboxylic acids is 2. The summed E-state index contributed by atoms with van der Waals surface area (Å²) in [5.41, 5.74) is 2.07. The second kappa shape index (κ2) is 6.83. The third-order valence-electron chi connectivity index (χ3n) is 5.99. The molecular formula is C24H26N2O4. The van der Waals surface area contributed by atoms with Crippen LogP contribution in [-0.4, -0.2) is 22.8 Å². The average Bonchev–Trinajstić information content (AvgIpc) is 3.16. The fourth-order valence-corrected chi connectivity index (χ4v) is 4.66. The zero-order valence-electron chi connectivity index (χ0n) is 17.5. The van der Waals surface area contributed by atoms with Crippen LogP contribution in [0.4, 0.5) is 5.82 Å². The van der Waals surface area contributed by atoms with E-state index < -0.39 is 0 Å². The molecular weight excluding hydrogens is 380 g/mol. The minimum Gasteiger partial charge on any atom is -0.489 e. The van der Waals surface area contributed by atoms with Crippen molar-refractivity contribution in [1.82, 2.24) is 4.98 Å². The zero-order chi connectivity index (χ0) is 21.0. The fourth-order valence-electron chi connectivity index (χ4n) is 4.66. The molecule has 5 rings (SSSR count). The Morgan fingerprint density at radius 2 is 2.10 bits per heavy atom. The smallest absolute Gasteiger partial charge is 0.225 e. The van der Waals surface area contributed by atoms with E-state index in [2.05, 4.69) is 31.1 Å². The van der Waals surface area contributed by atoms with Gasteiger partial charge in [-0.15, -0.1) is 0 Å². The van der Waals surface area contributed by atoms with E-state index >= 15 is 0 Å². The summed E-state index contributed by atoms with van der Waals surface area (Å²) in [7, 11) is 0. The third kappa shape index (κ3) is 3.55. The maximum Gasteiger partial charge on any atom is 0.225 e. The minimum absolute atomic E-state index is 0.0179. The number of pyridine rings is 1. The lowest BCUT2D eigenvalue weighted by Gasteiger charge is -2.19. The second-order valence-corrected chi connectivity index (χ2v) is 9.74. The molecule has 0 spiro atoms. The van der Waals surface area contributed by atoms with Crippen LogP contribution in [0.2, 0.25) is 0 Å². The van der Waals surface area contributed by atoms with Crippen LogP contribution < -0.4 is 14.8 Å². The standard InChI is InChI=1S/C24H26N2O4/c1-24(2,3)12-13(27)10-17-21-16-11-14(4-6-18(16)30-22(17)21)29-19-8-9-25-23-15(19)5-7-20(28)26-23/h4,6,8-9,11,17,21-22H,5,7,10,12H2,1-3H3,(H,25,26,28)/t17-,21?,22+/m0/s1. The number of hydrogen-bond acceptors (Lipinski definition) is 5. The molecule has 6 heteroatoms. The molecule has 156 valence electrons. The van der Waals surface area contributed by atoms with Crippen molar-refractivity contribution >= 4 is 17.5 Å². The average molecular weight is 406 g/mol. The lowest BCUT2D eigenvalue weighted by Crippen LogP contribution is -2.20. The van der Waals surface area contributed by atoms with Gasteiger partial charge in [-0.25, -0.2) is 4.98 Å². The summed E-state index contributed by atoms with van der Waals surface area (Å²) in [5, 5.41) is 2.80. The molecule has 6 nitrogen and oxygen atoms in total. The molecule has 1 unspecified atom stereocenters. The first-order valence-corrected chi connectivity index (χ1v) is 10.6. The highest BCUT2D eigenvalue weighted by molar-refractivity contribution is 5.93. The zero-order valence-corrected chi connectivity index (χ0v) is 17.5. The van der Waals surface area contributed by atoms with Gasteiger partial charge in [0, 0.05) is 48.4 Å². The highest BCUT2D eigenvalue weighted by atomic mass is 16.5. The van der Waals surface area contributed by atoms with Gasteiger partial charge < -0.3 is 14.8 Å². The summed E-state index contributed by atoms with van der Waals surface area (Å²) in [6, 6.07) is 7.70. The molecule has 2 aromatic rings. The first-order chi connectivity index (χ1) is 14.3. The topological polar surface area (TPSA) is 77.5 Å². The lowest BCUT2D eigenvalue weighted by molar-refractivity contribution is -0.121. The number of anilines is 1. The fraction of sp³-hybridized carbons (Fsp3) is 0.458. The van der Waals surface area contributed by atoms with Gasteiger partial charge in [0.25, 0.3) is 0 Å². The summed E-state index contributed by atoms with van der Waals surface area (Å²) in [4.78, 5) is 28.3. The van der Waals surface area contributed by atoms with Gasteiger partial charge in [-0.05, 0) is 36.1 Å². The molecule has 1 N–H and O–H groups in total. The van der Waals surface area contributed by atoms with Crippen molar-refractivity contribution in [1.29, 1.82) is 0 Å². The van der Waals surface area contributed by atoms with E-state index in [0.717, 1.165) is 22.6 Å². The number of Topliss-reactive ketones (excluding diaryl/α,β-unsaturated/α-hetero) is 1. The molecule has 0 bridgehead atoms. The van der Waals surface area contributed by atoms with Crippen LogP contribution in [0.3, 0.4) is 0 Å². The molecule has 1 saturated carbocycles. The first-order valence-electron chi connectivity index (χ1n) is 10.6. The van der Waals surface area contributed by atoms with E-state index in [-0.39, 0.29) is 29.3 Å². The normalized spacial score (nSPS) is 23.6. The Balaban J connectivity index is 1.31. The van der Waals surface area contributed by atoms with Crippen molar-refractivity contribution in [2.75, 3.05) is 5.32 Å². The number of hydrogen-bond donors (Lipinski definition) is 1. The summed E-state index contributed by atoms with van der Waals surface area (Å²) < 4.78 is 12.2. The van der Waals surface area contributed by atoms with Crippen LogP contribution in [0.1, 0.15) is 57.1 Å². The Kier molecular flexibility index (Phi) is 4.34. The molecule has 1 aromatic heterocycles. The summed E-state index contributed by atoms with van der Waals surface area (Å²) >= 11 is 0. The Labute approximate surface area is 176 Å². The predicted octanol–water partition coefficient (Wildman–Crippen LogP) is 4.63. The van der Waals surface area contributed by atoms with Gasteiger partial charge >= 0.3 is 0 Å². The number of aromatic nitrogens is 1. The van der Waals surface area contributed by atoms with Gasteiger partial charge in [0.2, 0.25) is 5.91 Å². The van der Waals surface area contributed by atoms with E-state index in [0.29, 0.717) is 43.0 Å². The number of rotatable bonds is 5. The SMILES string of the molecule is CC(C)(C)CC(=O)C[C@H]1C2c3cc(Oc4ccnc5c4CCC(=O)N5)ccc3O[C@@H]21. The molecule has 0 radical (unpaired) electrons. The van der Waals surface area contributed by atoms with Crippen molar-refractivity contribution in [2.24, 2.45) is 11.3 Å². The molecule has 3 heterocycles. The Morgan fingerprint density at radius 1 is 1.27 bits per heavy atom. The van der Waals surface area contributed by atoms with Crippen molar-refractivity contribution in [3.8, 4) is 17.2 Å². The van der Waals surface area contributed by atoms with Crippen molar-refractivity contribution in [3.63, 3.8) is 0 Å². The van der Waals surface area contributed by atoms with Crippen molar-refractivity contribution in [3.05, 3.63) is 41.6 Å². The lowest BCUT2D eigenvalue weighted by atomic mass is 9.88. The number of carbonyl (C=O) groups is 2. The van der Waals surface area contributed by atoms with E-state index in [4.69, 9.17) is 9.47 Å². The Morgan fingerprint density at radius 3 is 2.90 bits per heavy atom. The highest BCUT2D eigenvalue weighted by Gasteiger charge is 2.59. The summed E-state index contributed by atoms with van der Waals surface area (Å²) in [6.07, 6.45) is 3.98. The maximum absolute atomic E-state index is 12.4. The van der Waals surface area contributed by atoms with Gasteiger partial charge in [0.1, 0.15) is 35.0 Å². The van der Waals surface area contributed by atoms with Gasteiger partial charge in [0.05, 0.1) is 0 Å². The first kappa shape index (κ1) is 19.1. The van der Waals surface area contributed by atoms with Gasteiger partial charge in [0.15, 0.2) is 0 Å². The van der Waals surface area contributed by atoms with Crippen LogP contribution in [0, 0.1) is 11.3 Å². The number of amides is 1. The number of fused-ring (bicyclic) bond motifs is 4. The molecule has 1 fully saturated rings. The number of nitrogens with zero attached hydrogens (tertiary/aromatic N) is 1. The monoisotopic (exact) mass is 406 g/mol. The number of ketones is 1. The largest absolute Gasteiger partial charge is 0.489 e. The van der Waals surface area contributed by atoms with Gasteiger partial charge in [-0.3, -0.25) is 9.59 Å². The van der Waals surface area contributed by atoms with Crippen LogP contribution in [0.25, 0.3) is 0 Å². The predicted molar refractivity (Wildman–Crippen MR) is 112 cm³/mol. The Bertz CT molecular complexity index is 1040. The molecule has 0 saturated heterocycles. The number of nitrogens with one attached hydrogen (secondary N) is 1.